The van der Waals surface area contributed by atoms with Crippen molar-refractivity contribution in [2.45, 2.75) is 45.2 Å². The molecule has 176 valence electrons. The maximum absolute atomic E-state index is 13.0. The lowest BCUT2D eigenvalue weighted by Gasteiger charge is -2.22. The van der Waals surface area contributed by atoms with E-state index in [0.717, 1.165) is 10.1 Å². The van der Waals surface area contributed by atoms with Crippen molar-refractivity contribution in [3.63, 3.8) is 0 Å². The molecule has 0 spiro atoms. The molecule has 1 aromatic carbocycles. The molecule has 0 aliphatic rings. The van der Waals surface area contributed by atoms with Crippen LogP contribution in [-0.4, -0.2) is 46.0 Å². The van der Waals surface area contributed by atoms with Crippen LogP contribution in [0.4, 0.5) is 10.1 Å². The van der Waals surface area contributed by atoms with E-state index in [9.17, 15) is 28.4 Å². The zero-order chi connectivity index (χ0) is 24.5. The number of aryl methyl sites for hydroxylation is 1. The average Bonchev–Trinajstić information content (AvgIpc) is 2.76. The number of pyridine rings is 1. The number of hydrogen-bond donors (Lipinski definition) is 3. The summed E-state index contributed by atoms with van der Waals surface area (Å²) in [5.41, 5.74) is 0.674. The summed E-state index contributed by atoms with van der Waals surface area (Å²) in [5, 5.41) is 13.7. The van der Waals surface area contributed by atoms with Gasteiger partial charge in [-0.1, -0.05) is 37.3 Å². The summed E-state index contributed by atoms with van der Waals surface area (Å²) < 4.78 is 13.9. The molecule has 2 aromatic rings. The Morgan fingerprint density at radius 2 is 1.82 bits per heavy atom. The summed E-state index contributed by atoms with van der Waals surface area (Å²) in [6.07, 6.45) is 0.810. The lowest BCUT2D eigenvalue weighted by molar-refractivity contribution is -0.140. The molecule has 1 unspecified atom stereocenters. The Hall–Kier alpha value is -3.82. The second kappa shape index (κ2) is 11.7. The molecule has 3 N–H and O–H groups in total. The molecule has 0 bridgehead atoms. The molecule has 1 aromatic heterocycles. The third-order valence-corrected chi connectivity index (χ3v) is 4.90. The van der Waals surface area contributed by atoms with E-state index in [2.05, 4.69) is 10.6 Å². The first-order chi connectivity index (χ1) is 15.7. The fourth-order valence-electron chi connectivity index (χ4n) is 3.33. The van der Waals surface area contributed by atoms with Crippen LogP contribution in [0.5, 0.6) is 0 Å². The number of carbonyl (C=O) groups is 4. The number of benzene rings is 1. The van der Waals surface area contributed by atoms with Gasteiger partial charge in [-0.3, -0.25) is 24.0 Å². The Morgan fingerprint density at radius 3 is 2.39 bits per heavy atom. The van der Waals surface area contributed by atoms with Crippen LogP contribution in [0.15, 0.2) is 47.4 Å². The van der Waals surface area contributed by atoms with Crippen LogP contribution in [0.25, 0.3) is 0 Å². The van der Waals surface area contributed by atoms with Gasteiger partial charge < -0.3 is 20.3 Å². The number of halogens is 1. The highest BCUT2D eigenvalue weighted by Crippen LogP contribution is 2.15. The summed E-state index contributed by atoms with van der Waals surface area (Å²) in [4.78, 5) is 60.9. The number of aliphatic carboxylic acids is 1. The van der Waals surface area contributed by atoms with Gasteiger partial charge in [0.25, 0.3) is 5.56 Å². The highest BCUT2D eigenvalue weighted by atomic mass is 19.1. The quantitative estimate of drug-likeness (QED) is 0.469. The van der Waals surface area contributed by atoms with Crippen molar-refractivity contribution in [3.05, 3.63) is 64.1 Å². The van der Waals surface area contributed by atoms with Gasteiger partial charge in [-0.15, -0.1) is 0 Å². The van der Waals surface area contributed by atoms with Gasteiger partial charge in [0.05, 0.1) is 12.8 Å². The molecule has 2 atom stereocenters. The number of aromatic nitrogens is 1. The lowest BCUT2D eigenvalue weighted by Crippen LogP contribution is -2.47. The molecule has 0 saturated carbocycles. The van der Waals surface area contributed by atoms with Crippen LogP contribution in [0.3, 0.4) is 0 Å². The van der Waals surface area contributed by atoms with Crippen molar-refractivity contribution < 1.29 is 28.7 Å². The number of hydrogen-bond acceptors (Lipinski definition) is 5. The Kier molecular flexibility index (Phi) is 9.02. The van der Waals surface area contributed by atoms with Crippen LogP contribution in [0.2, 0.25) is 0 Å². The Morgan fingerprint density at radius 1 is 1.15 bits per heavy atom. The molecule has 0 aliphatic heterocycles. The maximum atomic E-state index is 13.0. The van der Waals surface area contributed by atoms with Crippen LogP contribution in [0, 0.1) is 6.92 Å². The standard InChI is InChI=1S/C23H26FN3O6/c1-3-18(22(32)26-16(11-21(30)31)19(28)12-24)27-13-14(2)9-17(23(27)33)25-20(29)10-15-7-5-4-6-8-15/h4-9,13,16,18H,3,10-12H2,1-2H3,(H,25,29)(H,26,32)(H,30,31)/t16?,18-/m1/s1. The van der Waals surface area contributed by atoms with E-state index in [0.29, 0.717) is 5.56 Å². The first-order valence-corrected chi connectivity index (χ1v) is 10.3. The number of ketones is 1. The molecule has 0 saturated heterocycles. The lowest BCUT2D eigenvalue weighted by atomic mass is 10.1. The number of nitrogens with one attached hydrogen (secondary N) is 2. The van der Waals surface area contributed by atoms with E-state index < -0.39 is 54.3 Å². The molecule has 1 heterocycles. The van der Waals surface area contributed by atoms with Crippen molar-refractivity contribution in [2.24, 2.45) is 0 Å². The second-order valence-electron chi connectivity index (χ2n) is 7.54. The van der Waals surface area contributed by atoms with Gasteiger partial charge in [0, 0.05) is 6.20 Å². The van der Waals surface area contributed by atoms with Crippen molar-refractivity contribution >= 4 is 29.3 Å². The van der Waals surface area contributed by atoms with Crippen molar-refractivity contribution in [1.82, 2.24) is 9.88 Å². The summed E-state index contributed by atoms with van der Waals surface area (Å²) in [5.74, 6) is -3.68. The molecule has 33 heavy (non-hydrogen) atoms. The van der Waals surface area contributed by atoms with Gasteiger partial charge in [0.2, 0.25) is 11.8 Å². The largest absolute Gasteiger partial charge is 0.481 e. The monoisotopic (exact) mass is 459 g/mol. The summed E-state index contributed by atoms with van der Waals surface area (Å²) in [6, 6.07) is 7.77. The normalized spacial score (nSPS) is 12.5. The fraction of sp³-hybridized carbons (Fsp3) is 0.348. The number of carboxylic acids is 1. The number of anilines is 1. The average molecular weight is 459 g/mol. The number of nitrogens with zero attached hydrogens (tertiary/aromatic N) is 1. The summed E-state index contributed by atoms with van der Waals surface area (Å²) in [6.45, 7) is 1.86. The van der Waals surface area contributed by atoms with Crippen molar-refractivity contribution in [2.75, 3.05) is 12.0 Å². The predicted octanol–water partition coefficient (Wildman–Crippen LogP) is 1.79. The van der Waals surface area contributed by atoms with Crippen LogP contribution >= 0.6 is 0 Å². The number of carboxylic acid groups (broad SMARTS) is 1. The minimum absolute atomic E-state index is 0.0240. The smallest absolute Gasteiger partial charge is 0.305 e. The highest BCUT2D eigenvalue weighted by Gasteiger charge is 2.28. The Balaban J connectivity index is 2.28. The number of amides is 2. The van der Waals surface area contributed by atoms with Gasteiger partial charge in [-0.05, 0) is 30.5 Å². The third-order valence-electron chi connectivity index (χ3n) is 4.90. The van der Waals surface area contributed by atoms with Crippen LogP contribution in [0.1, 0.15) is 36.9 Å². The van der Waals surface area contributed by atoms with E-state index in [1.54, 1.807) is 38.1 Å². The first-order valence-electron chi connectivity index (χ1n) is 10.3. The van der Waals surface area contributed by atoms with Gasteiger partial charge in [-0.25, -0.2) is 4.39 Å². The molecule has 0 aliphatic carbocycles. The molecule has 9 nitrogen and oxygen atoms in total. The van der Waals surface area contributed by atoms with Gasteiger partial charge in [0.15, 0.2) is 5.78 Å². The van der Waals surface area contributed by atoms with E-state index in [4.69, 9.17) is 5.11 Å². The predicted molar refractivity (Wildman–Crippen MR) is 119 cm³/mol. The minimum atomic E-state index is -1.56. The van der Waals surface area contributed by atoms with Crippen LogP contribution < -0.4 is 16.2 Å². The van der Waals surface area contributed by atoms with E-state index in [-0.39, 0.29) is 18.5 Å². The van der Waals surface area contributed by atoms with E-state index >= 15 is 0 Å². The molecular formula is C23H26FN3O6. The minimum Gasteiger partial charge on any atom is -0.481 e. The van der Waals surface area contributed by atoms with Crippen LogP contribution in [-0.2, 0) is 25.6 Å². The zero-order valence-electron chi connectivity index (χ0n) is 18.3. The third kappa shape index (κ3) is 7.09. The second-order valence-corrected chi connectivity index (χ2v) is 7.54. The van der Waals surface area contributed by atoms with Gasteiger partial charge in [0.1, 0.15) is 24.4 Å². The number of Topliss-reactive ketones (excluding diaryl/α,β-unsaturated/α-hetero) is 1. The van der Waals surface area contributed by atoms with E-state index in [1.165, 1.54) is 12.3 Å². The number of carbonyl (C=O) groups excluding carboxylic acids is 3. The van der Waals surface area contributed by atoms with Gasteiger partial charge >= 0.3 is 5.97 Å². The Labute approximate surface area is 189 Å². The van der Waals surface area contributed by atoms with Crippen molar-refractivity contribution in [3.8, 4) is 0 Å². The highest BCUT2D eigenvalue weighted by molar-refractivity contribution is 5.94. The molecule has 0 fully saturated rings. The van der Waals surface area contributed by atoms with Crippen molar-refractivity contribution in [1.29, 1.82) is 0 Å². The number of alkyl halides is 1. The maximum Gasteiger partial charge on any atom is 0.305 e. The molecule has 0 radical (unpaired) electrons. The topological polar surface area (TPSA) is 135 Å². The number of rotatable bonds is 11. The van der Waals surface area contributed by atoms with Gasteiger partial charge in [-0.2, -0.15) is 0 Å². The fourth-order valence-corrected chi connectivity index (χ4v) is 3.33. The first kappa shape index (κ1) is 25.4. The summed E-state index contributed by atoms with van der Waals surface area (Å²) in [7, 11) is 0. The van der Waals surface area contributed by atoms with E-state index in [1.807, 2.05) is 6.07 Å². The zero-order valence-corrected chi connectivity index (χ0v) is 18.3. The molecule has 2 rings (SSSR count). The molecule has 2 amide bonds. The Bertz CT molecular complexity index is 1080. The molecular weight excluding hydrogens is 433 g/mol. The molecule has 10 heteroatoms. The summed E-state index contributed by atoms with van der Waals surface area (Å²) >= 11 is 0. The SMILES string of the molecule is CC[C@H](C(=O)NC(CC(=O)O)C(=O)CF)n1cc(C)cc(NC(=O)Cc2ccccc2)c1=O.